The number of hydrogen-bond acceptors (Lipinski definition) is 1. The average molecular weight is 180 g/mol. The largest absolute Gasteiger partial charge is 0.303 e. The second-order valence-corrected chi connectivity index (χ2v) is 3.07. The molecular formula is C12H20O. The first kappa shape index (κ1) is 12.2. The molecule has 13 heavy (non-hydrogen) atoms. The quantitative estimate of drug-likeness (QED) is 0.316. The van der Waals surface area contributed by atoms with E-state index in [0.717, 1.165) is 19.1 Å². The number of allylic oxidation sites excluding steroid dienone is 4. The predicted octanol–water partition coefficient (Wildman–Crippen LogP) is 3.66. The summed E-state index contributed by atoms with van der Waals surface area (Å²) in [5, 5.41) is 0. The van der Waals surface area contributed by atoms with Gasteiger partial charge < -0.3 is 4.79 Å². The zero-order chi connectivity index (χ0) is 9.78. The van der Waals surface area contributed by atoms with Gasteiger partial charge in [0.05, 0.1) is 0 Å². The van der Waals surface area contributed by atoms with Crippen molar-refractivity contribution in [3.8, 4) is 0 Å². The van der Waals surface area contributed by atoms with Gasteiger partial charge in [0.15, 0.2) is 0 Å². The normalized spacial score (nSPS) is 11.5. The lowest BCUT2D eigenvalue weighted by atomic mass is 10.1. The molecule has 0 rings (SSSR count). The maximum atomic E-state index is 9.97. The van der Waals surface area contributed by atoms with Crippen molar-refractivity contribution in [1.29, 1.82) is 0 Å². The third kappa shape index (κ3) is 11.1. The van der Waals surface area contributed by atoms with Crippen LogP contribution < -0.4 is 0 Å². The van der Waals surface area contributed by atoms with Gasteiger partial charge in [0.2, 0.25) is 0 Å². The summed E-state index contributed by atoms with van der Waals surface area (Å²) in [6, 6.07) is 0. The van der Waals surface area contributed by atoms with E-state index in [1.807, 2.05) is 0 Å². The minimum absolute atomic E-state index is 0.662. The fourth-order valence-corrected chi connectivity index (χ4v) is 1.09. The molecule has 0 saturated heterocycles. The summed E-state index contributed by atoms with van der Waals surface area (Å²) in [5.41, 5.74) is 0. The summed E-state index contributed by atoms with van der Waals surface area (Å²) < 4.78 is 0. The van der Waals surface area contributed by atoms with Crippen molar-refractivity contribution in [1.82, 2.24) is 0 Å². The maximum Gasteiger partial charge on any atom is 0.120 e. The van der Waals surface area contributed by atoms with Crippen LogP contribution in [0.25, 0.3) is 0 Å². The van der Waals surface area contributed by atoms with Crippen LogP contribution in [0.2, 0.25) is 0 Å². The van der Waals surface area contributed by atoms with E-state index in [1.165, 1.54) is 19.3 Å². The fraction of sp³-hybridized carbons (Fsp3) is 0.583. The Balaban J connectivity index is 3.06. The lowest BCUT2D eigenvalue weighted by molar-refractivity contribution is -0.107. The molecule has 0 aliphatic carbocycles. The van der Waals surface area contributed by atoms with Crippen molar-refractivity contribution >= 4 is 6.29 Å². The summed E-state index contributed by atoms with van der Waals surface area (Å²) in [6.07, 6.45) is 16.0. The molecule has 0 saturated carbocycles. The van der Waals surface area contributed by atoms with Crippen molar-refractivity contribution in [2.24, 2.45) is 0 Å². The molecule has 0 unspecified atom stereocenters. The van der Waals surface area contributed by atoms with Crippen LogP contribution in [0, 0.1) is 0 Å². The molecule has 0 aliphatic rings. The van der Waals surface area contributed by atoms with Crippen LogP contribution in [0.1, 0.15) is 45.4 Å². The van der Waals surface area contributed by atoms with Gasteiger partial charge in [-0.2, -0.15) is 0 Å². The highest BCUT2D eigenvalue weighted by Crippen LogP contribution is 2.02. The number of aldehydes is 1. The first-order valence-electron chi connectivity index (χ1n) is 5.11. The Morgan fingerprint density at radius 3 is 2.08 bits per heavy atom. The molecule has 0 aromatic carbocycles. The van der Waals surface area contributed by atoms with Crippen molar-refractivity contribution in [2.45, 2.75) is 45.4 Å². The van der Waals surface area contributed by atoms with Gasteiger partial charge >= 0.3 is 0 Å². The standard InChI is InChI=1S/C12H20O/c1-2-3-4-5-6-7-8-9-10-11-12-13/h2-3,8-9,12H,4-7,10-11H2,1H3/b3-2+,9-8+. The lowest BCUT2D eigenvalue weighted by Crippen LogP contribution is -1.73. The second-order valence-electron chi connectivity index (χ2n) is 3.07. The molecule has 0 fully saturated rings. The Kier molecular flexibility index (Phi) is 10.4. The van der Waals surface area contributed by atoms with Crippen LogP contribution in [0.4, 0.5) is 0 Å². The molecule has 1 nitrogen and oxygen atoms in total. The Bertz CT molecular complexity index is 157. The number of unbranched alkanes of at least 4 members (excludes halogenated alkanes) is 4. The maximum absolute atomic E-state index is 9.97. The Hall–Kier alpha value is -0.850. The Labute approximate surface area is 81.5 Å². The Morgan fingerprint density at radius 2 is 1.46 bits per heavy atom. The molecule has 0 spiro atoms. The van der Waals surface area contributed by atoms with E-state index < -0.39 is 0 Å². The van der Waals surface area contributed by atoms with Crippen LogP contribution in [-0.4, -0.2) is 6.29 Å². The van der Waals surface area contributed by atoms with Crippen LogP contribution in [0.15, 0.2) is 24.3 Å². The molecule has 0 atom stereocenters. The zero-order valence-corrected chi connectivity index (χ0v) is 8.54. The highest BCUT2D eigenvalue weighted by atomic mass is 16.1. The third-order valence-electron chi connectivity index (χ3n) is 1.85. The molecular weight excluding hydrogens is 160 g/mol. The van der Waals surface area contributed by atoms with Gasteiger partial charge in [0.1, 0.15) is 6.29 Å². The van der Waals surface area contributed by atoms with Gasteiger partial charge in [0, 0.05) is 6.42 Å². The van der Waals surface area contributed by atoms with E-state index in [2.05, 4.69) is 31.2 Å². The molecule has 0 heterocycles. The minimum atomic E-state index is 0.662. The number of rotatable bonds is 8. The highest BCUT2D eigenvalue weighted by Gasteiger charge is 1.83. The molecule has 0 bridgehead atoms. The summed E-state index contributed by atoms with van der Waals surface area (Å²) >= 11 is 0. The Morgan fingerprint density at radius 1 is 0.846 bits per heavy atom. The van der Waals surface area contributed by atoms with Gasteiger partial charge in [-0.05, 0) is 39.0 Å². The summed E-state index contributed by atoms with van der Waals surface area (Å²) in [7, 11) is 0. The van der Waals surface area contributed by atoms with Gasteiger partial charge in [-0.25, -0.2) is 0 Å². The number of carbonyl (C=O) groups excluding carboxylic acids is 1. The van der Waals surface area contributed by atoms with E-state index in [0.29, 0.717) is 6.42 Å². The van der Waals surface area contributed by atoms with Crippen molar-refractivity contribution in [3.05, 3.63) is 24.3 Å². The van der Waals surface area contributed by atoms with Gasteiger partial charge in [-0.3, -0.25) is 0 Å². The molecule has 0 aliphatic heterocycles. The van der Waals surface area contributed by atoms with Crippen molar-refractivity contribution < 1.29 is 4.79 Å². The van der Waals surface area contributed by atoms with Crippen LogP contribution >= 0.6 is 0 Å². The van der Waals surface area contributed by atoms with Crippen LogP contribution in [-0.2, 0) is 4.79 Å². The lowest BCUT2D eigenvalue weighted by Gasteiger charge is -1.92. The van der Waals surface area contributed by atoms with E-state index >= 15 is 0 Å². The van der Waals surface area contributed by atoms with Gasteiger partial charge in [-0.1, -0.05) is 24.3 Å². The molecule has 0 aromatic heterocycles. The van der Waals surface area contributed by atoms with Crippen molar-refractivity contribution in [3.63, 3.8) is 0 Å². The predicted molar refractivity (Wildman–Crippen MR) is 57.7 cm³/mol. The van der Waals surface area contributed by atoms with Gasteiger partial charge in [0.25, 0.3) is 0 Å². The first-order chi connectivity index (χ1) is 6.41. The molecule has 0 aromatic rings. The van der Waals surface area contributed by atoms with Crippen LogP contribution in [0.5, 0.6) is 0 Å². The van der Waals surface area contributed by atoms with Crippen LogP contribution in [0.3, 0.4) is 0 Å². The number of hydrogen-bond donors (Lipinski definition) is 0. The van der Waals surface area contributed by atoms with E-state index in [9.17, 15) is 4.79 Å². The first-order valence-corrected chi connectivity index (χ1v) is 5.11. The third-order valence-corrected chi connectivity index (χ3v) is 1.85. The highest BCUT2D eigenvalue weighted by molar-refractivity contribution is 5.49. The molecule has 1 heteroatoms. The summed E-state index contributed by atoms with van der Waals surface area (Å²) in [4.78, 5) is 9.97. The topological polar surface area (TPSA) is 17.1 Å². The van der Waals surface area contributed by atoms with E-state index in [1.54, 1.807) is 0 Å². The zero-order valence-electron chi connectivity index (χ0n) is 8.54. The molecule has 74 valence electrons. The molecule has 0 N–H and O–H groups in total. The van der Waals surface area contributed by atoms with E-state index in [4.69, 9.17) is 0 Å². The summed E-state index contributed by atoms with van der Waals surface area (Å²) in [6.45, 7) is 2.05. The SMILES string of the molecule is C/C=C/CCCC/C=C/CCC=O. The average Bonchev–Trinajstić information content (AvgIpc) is 2.16. The molecule has 0 radical (unpaired) electrons. The smallest absolute Gasteiger partial charge is 0.120 e. The van der Waals surface area contributed by atoms with Gasteiger partial charge in [-0.15, -0.1) is 0 Å². The minimum Gasteiger partial charge on any atom is -0.303 e. The molecule has 0 amide bonds. The van der Waals surface area contributed by atoms with E-state index in [-0.39, 0.29) is 0 Å². The fourth-order valence-electron chi connectivity index (χ4n) is 1.09. The number of carbonyl (C=O) groups is 1. The monoisotopic (exact) mass is 180 g/mol. The summed E-state index contributed by atoms with van der Waals surface area (Å²) in [5.74, 6) is 0. The van der Waals surface area contributed by atoms with Crippen molar-refractivity contribution in [2.75, 3.05) is 0 Å². The second kappa shape index (κ2) is 11.2.